The van der Waals surface area contributed by atoms with E-state index in [-0.39, 0.29) is 5.82 Å². The van der Waals surface area contributed by atoms with E-state index in [1.54, 1.807) is 30.6 Å². The summed E-state index contributed by atoms with van der Waals surface area (Å²) in [6.45, 7) is 0.693. The lowest BCUT2D eigenvalue weighted by atomic mass is 10.2. The zero-order valence-electron chi connectivity index (χ0n) is 14.6. The van der Waals surface area contributed by atoms with Crippen molar-refractivity contribution in [3.63, 3.8) is 0 Å². The van der Waals surface area contributed by atoms with Crippen molar-refractivity contribution in [3.05, 3.63) is 78.5 Å². The van der Waals surface area contributed by atoms with E-state index >= 15 is 0 Å². The Morgan fingerprint density at radius 3 is 2.67 bits per heavy atom. The second kappa shape index (κ2) is 7.33. The smallest absolute Gasteiger partial charge is 0.259 e. The van der Waals surface area contributed by atoms with Crippen LogP contribution in [0.25, 0.3) is 22.8 Å². The molecule has 27 heavy (non-hydrogen) atoms. The van der Waals surface area contributed by atoms with Crippen molar-refractivity contribution in [1.82, 2.24) is 20.1 Å². The standard InChI is InChI=1S/C20H16FN5O/c1-26(13-14-5-4-10-22-11-14)18-9-8-15(12-23-18)20-24-19(25-27-20)16-6-2-3-7-17(16)21/h2-12H,13H2,1H3. The molecule has 0 aliphatic carbocycles. The average Bonchev–Trinajstić information content (AvgIpc) is 3.19. The molecule has 0 spiro atoms. The van der Waals surface area contributed by atoms with Crippen LogP contribution in [0.1, 0.15) is 5.56 Å². The Hall–Kier alpha value is -3.61. The highest BCUT2D eigenvalue weighted by atomic mass is 19.1. The fraction of sp³-hybridized carbons (Fsp3) is 0.100. The summed E-state index contributed by atoms with van der Waals surface area (Å²) in [5.41, 5.74) is 2.06. The number of halogens is 1. The van der Waals surface area contributed by atoms with Crippen LogP contribution in [-0.4, -0.2) is 27.2 Å². The summed E-state index contributed by atoms with van der Waals surface area (Å²) >= 11 is 0. The maximum atomic E-state index is 13.9. The van der Waals surface area contributed by atoms with E-state index in [0.29, 0.717) is 23.6 Å². The summed E-state index contributed by atoms with van der Waals surface area (Å²) < 4.78 is 19.1. The van der Waals surface area contributed by atoms with Gasteiger partial charge in [-0.2, -0.15) is 4.98 Å². The third-order valence-electron chi connectivity index (χ3n) is 4.07. The van der Waals surface area contributed by atoms with E-state index in [1.165, 1.54) is 6.07 Å². The van der Waals surface area contributed by atoms with Gasteiger partial charge in [0.25, 0.3) is 5.89 Å². The van der Waals surface area contributed by atoms with Crippen molar-refractivity contribution in [2.75, 3.05) is 11.9 Å². The van der Waals surface area contributed by atoms with Gasteiger partial charge in [-0.1, -0.05) is 23.4 Å². The molecule has 0 saturated heterocycles. The van der Waals surface area contributed by atoms with Gasteiger partial charge in [-0.05, 0) is 35.9 Å². The normalized spacial score (nSPS) is 10.7. The van der Waals surface area contributed by atoms with Crippen LogP contribution in [0.3, 0.4) is 0 Å². The maximum Gasteiger partial charge on any atom is 0.259 e. The van der Waals surface area contributed by atoms with Crippen LogP contribution >= 0.6 is 0 Å². The van der Waals surface area contributed by atoms with Crippen molar-refractivity contribution >= 4 is 5.82 Å². The Labute approximate surface area is 155 Å². The number of nitrogens with zero attached hydrogens (tertiary/aromatic N) is 5. The van der Waals surface area contributed by atoms with Crippen LogP contribution in [0.2, 0.25) is 0 Å². The highest BCUT2D eigenvalue weighted by Crippen LogP contribution is 2.24. The lowest BCUT2D eigenvalue weighted by molar-refractivity contribution is 0.431. The van der Waals surface area contributed by atoms with Crippen LogP contribution in [0.4, 0.5) is 10.2 Å². The Kier molecular flexibility index (Phi) is 4.57. The van der Waals surface area contributed by atoms with Crippen LogP contribution in [0.5, 0.6) is 0 Å². The minimum Gasteiger partial charge on any atom is -0.355 e. The largest absolute Gasteiger partial charge is 0.355 e. The summed E-state index contributed by atoms with van der Waals surface area (Å²) in [5, 5.41) is 3.87. The van der Waals surface area contributed by atoms with Gasteiger partial charge >= 0.3 is 0 Å². The van der Waals surface area contributed by atoms with Crippen molar-refractivity contribution in [2.45, 2.75) is 6.54 Å². The van der Waals surface area contributed by atoms with E-state index in [4.69, 9.17) is 4.52 Å². The van der Waals surface area contributed by atoms with E-state index < -0.39 is 5.82 Å². The van der Waals surface area contributed by atoms with E-state index in [0.717, 1.165) is 11.4 Å². The van der Waals surface area contributed by atoms with Gasteiger partial charge in [-0.3, -0.25) is 4.98 Å². The van der Waals surface area contributed by atoms with Crippen molar-refractivity contribution < 1.29 is 8.91 Å². The SMILES string of the molecule is CN(Cc1cccnc1)c1ccc(-c2nc(-c3ccccc3F)no2)cn1. The van der Waals surface area contributed by atoms with Gasteiger partial charge in [0.2, 0.25) is 5.82 Å². The molecule has 0 amide bonds. The minimum absolute atomic E-state index is 0.209. The van der Waals surface area contributed by atoms with Crippen LogP contribution in [-0.2, 0) is 6.54 Å². The third-order valence-corrected chi connectivity index (χ3v) is 4.07. The molecule has 0 bridgehead atoms. The maximum absolute atomic E-state index is 13.9. The molecule has 7 heteroatoms. The lowest BCUT2D eigenvalue weighted by Gasteiger charge is -2.17. The molecular formula is C20H16FN5O. The molecule has 0 aliphatic rings. The Balaban J connectivity index is 1.52. The van der Waals surface area contributed by atoms with E-state index in [1.807, 2.05) is 42.4 Å². The fourth-order valence-corrected chi connectivity index (χ4v) is 2.68. The molecule has 0 atom stereocenters. The number of rotatable bonds is 5. The first-order valence-electron chi connectivity index (χ1n) is 8.36. The molecule has 0 radical (unpaired) electrons. The third kappa shape index (κ3) is 3.67. The summed E-state index contributed by atoms with van der Waals surface area (Å²) in [4.78, 5) is 14.9. The highest BCUT2D eigenvalue weighted by molar-refractivity contribution is 5.60. The number of pyridine rings is 2. The van der Waals surface area contributed by atoms with Gasteiger partial charge < -0.3 is 9.42 Å². The fourth-order valence-electron chi connectivity index (χ4n) is 2.68. The number of anilines is 1. The monoisotopic (exact) mass is 361 g/mol. The predicted octanol–water partition coefficient (Wildman–Crippen LogP) is 3.97. The summed E-state index contributed by atoms with van der Waals surface area (Å²) in [6, 6.07) is 14.0. The molecular weight excluding hydrogens is 345 g/mol. The highest BCUT2D eigenvalue weighted by Gasteiger charge is 2.14. The second-order valence-electron chi connectivity index (χ2n) is 6.03. The quantitative estimate of drug-likeness (QED) is 0.536. The molecule has 1 aromatic carbocycles. The Morgan fingerprint density at radius 1 is 1.04 bits per heavy atom. The molecule has 0 N–H and O–H groups in total. The van der Waals surface area contributed by atoms with Gasteiger partial charge in [-0.25, -0.2) is 9.37 Å². The molecule has 4 aromatic rings. The van der Waals surface area contributed by atoms with Gasteiger partial charge in [0.05, 0.1) is 11.1 Å². The molecule has 3 aromatic heterocycles. The van der Waals surface area contributed by atoms with Gasteiger partial charge in [0.15, 0.2) is 0 Å². The first kappa shape index (κ1) is 16.8. The second-order valence-corrected chi connectivity index (χ2v) is 6.03. The average molecular weight is 361 g/mol. The summed E-state index contributed by atoms with van der Waals surface area (Å²) in [7, 11) is 1.96. The van der Waals surface area contributed by atoms with Crippen LogP contribution in [0.15, 0.2) is 71.6 Å². The number of benzene rings is 1. The van der Waals surface area contributed by atoms with Gasteiger partial charge in [0, 0.05) is 32.2 Å². The number of hydrogen-bond donors (Lipinski definition) is 0. The predicted molar refractivity (Wildman–Crippen MR) is 99.3 cm³/mol. The van der Waals surface area contributed by atoms with Crippen molar-refractivity contribution in [3.8, 4) is 22.8 Å². The van der Waals surface area contributed by atoms with Crippen LogP contribution < -0.4 is 4.90 Å². The topological polar surface area (TPSA) is 67.9 Å². The molecule has 3 heterocycles. The minimum atomic E-state index is -0.393. The van der Waals surface area contributed by atoms with Gasteiger partial charge in [0.1, 0.15) is 11.6 Å². The Bertz CT molecular complexity index is 1030. The van der Waals surface area contributed by atoms with E-state index in [9.17, 15) is 4.39 Å². The van der Waals surface area contributed by atoms with Gasteiger partial charge in [-0.15, -0.1) is 0 Å². The number of aromatic nitrogens is 4. The first-order chi connectivity index (χ1) is 13.2. The summed E-state index contributed by atoms with van der Waals surface area (Å²) in [6.07, 6.45) is 5.23. The lowest BCUT2D eigenvalue weighted by Crippen LogP contribution is -2.17. The molecule has 4 rings (SSSR count). The number of hydrogen-bond acceptors (Lipinski definition) is 6. The molecule has 0 aliphatic heterocycles. The molecule has 6 nitrogen and oxygen atoms in total. The molecule has 0 saturated carbocycles. The van der Waals surface area contributed by atoms with Crippen molar-refractivity contribution in [2.24, 2.45) is 0 Å². The zero-order chi connectivity index (χ0) is 18.6. The van der Waals surface area contributed by atoms with E-state index in [2.05, 4.69) is 20.1 Å². The molecule has 134 valence electrons. The first-order valence-corrected chi connectivity index (χ1v) is 8.36. The van der Waals surface area contributed by atoms with Crippen molar-refractivity contribution in [1.29, 1.82) is 0 Å². The molecule has 0 fully saturated rings. The molecule has 0 unspecified atom stereocenters. The zero-order valence-corrected chi connectivity index (χ0v) is 14.6. The van der Waals surface area contributed by atoms with Crippen LogP contribution in [0, 0.1) is 5.82 Å². The summed E-state index contributed by atoms with van der Waals surface area (Å²) in [5.74, 6) is 0.912. The Morgan fingerprint density at radius 2 is 1.93 bits per heavy atom.